The van der Waals surface area contributed by atoms with E-state index in [0.717, 1.165) is 21.7 Å². The number of rotatable bonds is 10. The number of carbonyl (C=O) groups is 3. The van der Waals surface area contributed by atoms with E-state index in [4.69, 9.17) is 4.74 Å². The average Bonchev–Trinajstić information content (AvgIpc) is 2.97. The van der Waals surface area contributed by atoms with Crippen LogP contribution in [-0.2, 0) is 9.59 Å². The van der Waals surface area contributed by atoms with Crippen molar-refractivity contribution in [2.24, 2.45) is 0 Å². The van der Waals surface area contributed by atoms with Gasteiger partial charge in [-0.15, -0.1) is 11.8 Å². The predicted molar refractivity (Wildman–Crippen MR) is 170 cm³/mol. The number of aryl methyl sites for hydroxylation is 2. The Balaban J connectivity index is 1.45. The highest BCUT2D eigenvalue weighted by Gasteiger charge is 2.17. The molecule has 0 fully saturated rings. The smallest absolute Gasteiger partial charge is 0.272 e. The number of thioether (sulfide) groups is 1. The molecule has 4 aromatic rings. The van der Waals surface area contributed by atoms with Crippen molar-refractivity contribution >= 4 is 46.9 Å². The second-order valence-corrected chi connectivity index (χ2v) is 11.1. The number of methoxy groups -OCH3 is 1. The first-order valence-electron chi connectivity index (χ1n) is 13.4. The molecule has 0 radical (unpaired) electrons. The van der Waals surface area contributed by atoms with Crippen LogP contribution in [0.5, 0.6) is 5.75 Å². The molecule has 0 saturated heterocycles. The molecule has 4 rings (SSSR count). The summed E-state index contributed by atoms with van der Waals surface area (Å²) in [5, 5.41) is 8.23. The Morgan fingerprint density at radius 1 is 0.786 bits per heavy atom. The van der Waals surface area contributed by atoms with E-state index in [9.17, 15) is 14.4 Å². The maximum Gasteiger partial charge on any atom is 0.272 e. The van der Waals surface area contributed by atoms with Gasteiger partial charge < -0.3 is 20.7 Å². The molecule has 8 heteroatoms. The number of amides is 3. The molecular weight excluding hydrogens is 546 g/mol. The number of ether oxygens (including phenoxy) is 1. The third-order valence-electron chi connectivity index (χ3n) is 6.25. The lowest BCUT2D eigenvalue weighted by atomic mass is 10.1. The van der Waals surface area contributed by atoms with Crippen molar-refractivity contribution in [3.8, 4) is 5.75 Å². The first-order valence-corrected chi connectivity index (χ1v) is 14.3. The first-order chi connectivity index (χ1) is 20.2. The Morgan fingerprint density at radius 2 is 1.43 bits per heavy atom. The minimum Gasteiger partial charge on any atom is -0.496 e. The van der Waals surface area contributed by atoms with Gasteiger partial charge in [0.15, 0.2) is 0 Å². The molecule has 0 heterocycles. The van der Waals surface area contributed by atoms with Gasteiger partial charge in [0.2, 0.25) is 5.91 Å². The van der Waals surface area contributed by atoms with Crippen molar-refractivity contribution < 1.29 is 19.1 Å². The van der Waals surface area contributed by atoms with Gasteiger partial charge in [-0.05, 0) is 92.6 Å². The summed E-state index contributed by atoms with van der Waals surface area (Å²) in [5.41, 5.74) is 4.61. The van der Waals surface area contributed by atoms with Gasteiger partial charge in [-0.1, -0.05) is 42.5 Å². The van der Waals surface area contributed by atoms with Crippen LogP contribution in [0.25, 0.3) is 6.08 Å². The van der Waals surface area contributed by atoms with Crippen molar-refractivity contribution in [2.45, 2.75) is 30.9 Å². The van der Waals surface area contributed by atoms with E-state index in [-0.39, 0.29) is 16.9 Å². The third kappa shape index (κ3) is 8.34. The quantitative estimate of drug-likeness (QED) is 0.141. The molecule has 42 heavy (non-hydrogen) atoms. The maximum atomic E-state index is 13.4. The van der Waals surface area contributed by atoms with Gasteiger partial charge in [0.1, 0.15) is 11.4 Å². The van der Waals surface area contributed by atoms with E-state index < -0.39 is 11.8 Å². The molecule has 3 N–H and O–H groups in total. The highest BCUT2D eigenvalue weighted by atomic mass is 32.2. The lowest BCUT2D eigenvalue weighted by molar-refractivity contribution is -0.115. The second-order valence-electron chi connectivity index (χ2n) is 9.72. The minimum absolute atomic E-state index is 0.0588. The van der Waals surface area contributed by atoms with E-state index in [0.29, 0.717) is 22.6 Å². The standard InChI is InChI=1S/C34H33N3O4S/c1-22-18-23(2)20-28(19-22)36-32(38)24(3)42-29-16-14-27(15-17-29)35-34(40)30(21-26-12-8-9-13-31(26)41-4)37-33(39)25-10-6-5-7-11-25/h5-21,24H,1-4H3,(H,35,40)(H,36,38)(H,37,39)/b30-21-. The van der Waals surface area contributed by atoms with Gasteiger partial charge >= 0.3 is 0 Å². The van der Waals surface area contributed by atoms with Gasteiger partial charge in [-0.2, -0.15) is 0 Å². The molecule has 4 aromatic carbocycles. The normalized spacial score (nSPS) is 11.8. The summed E-state index contributed by atoms with van der Waals surface area (Å²) in [5.74, 6) is -0.435. The fraction of sp³-hybridized carbons (Fsp3) is 0.147. The van der Waals surface area contributed by atoms with Gasteiger partial charge in [0, 0.05) is 27.4 Å². The minimum atomic E-state index is -0.494. The highest BCUT2D eigenvalue weighted by Crippen LogP contribution is 2.27. The van der Waals surface area contributed by atoms with E-state index in [2.05, 4.69) is 22.0 Å². The first kappa shape index (κ1) is 30.1. The van der Waals surface area contributed by atoms with E-state index >= 15 is 0 Å². The van der Waals surface area contributed by atoms with Crippen LogP contribution in [0.15, 0.2) is 108 Å². The van der Waals surface area contributed by atoms with Crippen LogP contribution in [0.3, 0.4) is 0 Å². The zero-order valence-electron chi connectivity index (χ0n) is 23.9. The fourth-order valence-electron chi connectivity index (χ4n) is 4.25. The third-order valence-corrected chi connectivity index (χ3v) is 7.36. The van der Waals surface area contributed by atoms with Crippen LogP contribution < -0.4 is 20.7 Å². The van der Waals surface area contributed by atoms with E-state index in [1.54, 1.807) is 61.7 Å². The molecule has 1 atom stereocenters. The molecule has 0 aliphatic carbocycles. The number of benzene rings is 4. The van der Waals surface area contributed by atoms with Crippen LogP contribution in [0.1, 0.15) is 34.0 Å². The Morgan fingerprint density at radius 3 is 2.10 bits per heavy atom. The molecule has 0 aliphatic heterocycles. The van der Waals surface area contributed by atoms with Crippen molar-refractivity contribution in [2.75, 3.05) is 17.7 Å². The van der Waals surface area contributed by atoms with Crippen LogP contribution in [0.4, 0.5) is 11.4 Å². The molecule has 0 spiro atoms. The van der Waals surface area contributed by atoms with Crippen molar-refractivity contribution in [3.63, 3.8) is 0 Å². The molecule has 0 saturated carbocycles. The predicted octanol–water partition coefficient (Wildman–Crippen LogP) is 6.84. The molecule has 3 amide bonds. The molecule has 0 bridgehead atoms. The lowest BCUT2D eigenvalue weighted by Gasteiger charge is -2.14. The maximum absolute atomic E-state index is 13.4. The van der Waals surface area contributed by atoms with Gasteiger partial charge in [0.25, 0.3) is 11.8 Å². The van der Waals surface area contributed by atoms with Crippen molar-refractivity contribution in [1.29, 1.82) is 0 Å². The monoisotopic (exact) mass is 579 g/mol. The summed E-state index contributed by atoms with van der Waals surface area (Å²) in [6, 6.07) is 29.0. The van der Waals surface area contributed by atoms with Crippen LogP contribution in [-0.4, -0.2) is 30.1 Å². The van der Waals surface area contributed by atoms with E-state index in [1.807, 2.05) is 63.2 Å². The molecule has 0 aromatic heterocycles. The topological polar surface area (TPSA) is 96.5 Å². The Kier molecular flexibility index (Phi) is 10.2. The molecule has 1 unspecified atom stereocenters. The zero-order valence-corrected chi connectivity index (χ0v) is 24.8. The second kappa shape index (κ2) is 14.2. The summed E-state index contributed by atoms with van der Waals surface area (Å²) in [4.78, 5) is 39.9. The Labute approximate surface area is 250 Å². The van der Waals surface area contributed by atoms with Gasteiger partial charge in [-0.25, -0.2) is 0 Å². The number of anilines is 2. The fourth-order valence-corrected chi connectivity index (χ4v) is 5.11. The average molecular weight is 580 g/mol. The molecular formula is C34H33N3O4S. The van der Waals surface area contributed by atoms with Gasteiger partial charge in [-0.3, -0.25) is 14.4 Å². The van der Waals surface area contributed by atoms with E-state index in [1.165, 1.54) is 11.8 Å². The Bertz CT molecular complexity index is 1580. The van der Waals surface area contributed by atoms with Crippen LogP contribution >= 0.6 is 11.8 Å². The summed E-state index contributed by atoms with van der Waals surface area (Å²) in [6.07, 6.45) is 1.58. The molecule has 7 nitrogen and oxygen atoms in total. The number of para-hydroxylation sites is 1. The van der Waals surface area contributed by atoms with Gasteiger partial charge in [0.05, 0.1) is 12.4 Å². The SMILES string of the molecule is COc1ccccc1/C=C(\NC(=O)c1ccccc1)C(=O)Nc1ccc(SC(C)C(=O)Nc2cc(C)cc(C)c2)cc1. The summed E-state index contributed by atoms with van der Waals surface area (Å²) in [7, 11) is 1.54. The zero-order chi connectivity index (χ0) is 30.1. The largest absolute Gasteiger partial charge is 0.496 e. The summed E-state index contributed by atoms with van der Waals surface area (Å²) in [6.45, 7) is 5.84. The number of carbonyl (C=O) groups excluding carboxylic acids is 3. The number of hydrogen-bond acceptors (Lipinski definition) is 5. The summed E-state index contributed by atoms with van der Waals surface area (Å²) < 4.78 is 5.42. The Hall–Kier alpha value is -4.82. The highest BCUT2D eigenvalue weighted by molar-refractivity contribution is 8.00. The summed E-state index contributed by atoms with van der Waals surface area (Å²) >= 11 is 1.42. The molecule has 0 aliphatic rings. The number of hydrogen-bond donors (Lipinski definition) is 3. The number of nitrogens with one attached hydrogen (secondary N) is 3. The molecule has 214 valence electrons. The van der Waals surface area contributed by atoms with Crippen LogP contribution in [0, 0.1) is 13.8 Å². The van der Waals surface area contributed by atoms with Crippen molar-refractivity contribution in [1.82, 2.24) is 5.32 Å². The van der Waals surface area contributed by atoms with Crippen molar-refractivity contribution in [3.05, 3.63) is 125 Å². The lowest BCUT2D eigenvalue weighted by Crippen LogP contribution is -2.30. The van der Waals surface area contributed by atoms with Crippen LogP contribution in [0.2, 0.25) is 0 Å².